The molecule has 0 radical (unpaired) electrons. The Morgan fingerprint density at radius 2 is 1.74 bits per heavy atom. The van der Waals surface area contributed by atoms with Crippen LogP contribution in [0.2, 0.25) is 0 Å². The molecule has 34 heavy (non-hydrogen) atoms. The highest BCUT2D eigenvalue weighted by Gasteiger charge is 2.46. The zero-order valence-electron chi connectivity index (χ0n) is 19.3. The van der Waals surface area contributed by atoms with E-state index in [1.165, 1.54) is 36.1 Å². The summed E-state index contributed by atoms with van der Waals surface area (Å²) >= 11 is 0. The summed E-state index contributed by atoms with van der Waals surface area (Å²) < 4.78 is 66.6. The van der Waals surface area contributed by atoms with Gasteiger partial charge in [-0.15, -0.1) is 0 Å². The fourth-order valence-electron chi connectivity index (χ4n) is 7.16. The van der Waals surface area contributed by atoms with Crippen LogP contribution < -0.4 is 5.32 Å². The van der Waals surface area contributed by atoms with Crippen molar-refractivity contribution in [1.82, 2.24) is 9.62 Å². The van der Waals surface area contributed by atoms with Gasteiger partial charge in [-0.2, -0.15) is 17.5 Å². The fourth-order valence-corrected chi connectivity index (χ4v) is 8.76. The Balaban J connectivity index is 1.19. The van der Waals surface area contributed by atoms with Crippen LogP contribution in [0.1, 0.15) is 56.9 Å². The van der Waals surface area contributed by atoms with E-state index in [4.69, 9.17) is 0 Å². The van der Waals surface area contributed by atoms with Crippen LogP contribution in [0.4, 0.5) is 13.2 Å². The third kappa shape index (κ3) is 4.87. The number of nitrogens with zero attached hydrogens (tertiary/aromatic N) is 1. The minimum Gasteiger partial charge on any atom is -0.356 e. The molecule has 1 aromatic rings. The van der Waals surface area contributed by atoms with E-state index in [1.807, 2.05) is 0 Å². The summed E-state index contributed by atoms with van der Waals surface area (Å²) in [5.74, 6) is 3.10. The Hall–Kier alpha value is -1.61. The smallest absolute Gasteiger partial charge is 0.356 e. The predicted molar refractivity (Wildman–Crippen MR) is 121 cm³/mol. The molecule has 1 saturated heterocycles. The molecule has 6 unspecified atom stereocenters. The van der Waals surface area contributed by atoms with Crippen LogP contribution in [-0.2, 0) is 21.0 Å². The first-order chi connectivity index (χ1) is 16.1. The van der Waals surface area contributed by atoms with Gasteiger partial charge in [-0.3, -0.25) is 4.79 Å². The van der Waals surface area contributed by atoms with Gasteiger partial charge in [0.1, 0.15) is 0 Å². The number of carbonyl (C=O) groups is 1. The van der Waals surface area contributed by atoms with Crippen molar-refractivity contribution in [3.05, 3.63) is 29.8 Å². The molecule has 9 heteroatoms. The molecular weight excluding hydrogens is 465 g/mol. The second kappa shape index (κ2) is 9.12. The Morgan fingerprint density at radius 1 is 1.03 bits per heavy atom. The van der Waals surface area contributed by atoms with E-state index in [0.29, 0.717) is 30.9 Å². The zero-order chi connectivity index (χ0) is 24.1. The molecule has 4 aliphatic rings. The number of benzene rings is 1. The number of halogens is 3. The largest absolute Gasteiger partial charge is 0.416 e. The summed E-state index contributed by atoms with van der Waals surface area (Å²) in [5.41, 5.74) is -0.972. The number of hydrogen-bond donors (Lipinski definition) is 1. The average Bonchev–Trinajstić information content (AvgIpc) is 3.01. The number of fused-ring (bicyclic) bond motifs is 2. The molecule has 1 heterocycles. The van der Waals surface area contributed by atoms with Gasteiger partial charge in [0.2, 0.25) is 15.9 Å². The van der Waals surface area contributed by atoms with Gasteiger partial charge in [0.15, 0.2) is 0 Å². The number of rotatable bonds is 5. The maximum Gasteiger partial charge on any atom is 0.416 e. The molecule has 6 atom stereocenters. The molecular formula is C25H33F3N2O3S. The maximum atomic E-state index is 13.1. The first-order valence-corrected chi connectivity index (χ1v) is 14.0. The van der Waals surface area contributed by atoms with E-state index in [1.54, 1.807) is 0 Å². The molecule has 1 aromatic carbocycles. The summed E-state index contributed by atoms with van der Waals surface area (Å²) in [4.78, 5) is 12.7. The van der Waals surface area contributed by atoms with Crippen LogP contribution >= 0.6 is 0 Å². The Kier molecular flexibility index (Phi) is 6.46. The number of amides is 1. The van der Waals surface area contributed by atoms with Crippen molar-refractivity contribution in [3.63, 3.8) is 0 Å². The summed E-state index contributed by atoms with van der Waals surface area (Å²) in [6.07, 6.45) is 3.91. The van der Waals surface area contributed by atoms with E-state index in [2.05, 4.69) is 5.32 Å². The van der Waals surface area contributed by atoms with Crippen LogP contribution in [0, 0.1) is 35.5 Å². The van der Waals surface area contributed by atoms with Gasteiger partial charge in [-0.1, -0.05) is 6.07 Å². The lowest BCUT2D eigenvalue weighted by molar-refractivity contribution is -0.137. The average molecular weight is 499 g/mol. The summed E-state index contributed by atoms with van der Waals surface area (Å²) in [6.45, 7) is 0.890. The number of nitrogens with one attached hydrogen (secondary N) is 1. The lowest BCUT2D eigenvalue weighted by Gasteiger charge is -2.33. The van der Waals surface area contributed by atoms with Crippen LogP contribution in [0.5, 0.6) is 0 Å². The molecule has 1 aliphatic heterocycles. The van der Waals surface area contributed by atoms with Crippen LogP contribution in [0.15, 0.2) is 29.2 Å². The molecule has 3 aliphatic carbocycles. The molecule has 0 aromatic heterocycles. The van der Waals surface area contributed by atoms with Crippen molar-refractivity contribution in [2.24, 2.45) is 35.5 Å². The van der Waals surface area contributed by atoms with E-state index < -0.39 is 21.8 Å². The van der Waals surface area contributed by atoms with E-state index in [-0.39, 0.29) is 35.7 Å². The minimum absolute atomic E-state index is 0.0450. The number of hydrogen-bond acceptors (Lipinski definition) is 3. The standard InChI is InChI=1S/C25H33F3N2O3S/c26-25(27,28)22-4-1-5-23(13-22)34(32,33)30-6-2-3-16(15-30)14-29-24(31)21-11-18-7-17-8-19(9-18)20(10-17)12-21/h1,4-5,13,16-21H,2-3,6-12,14-15H2,(H,29,31). The van der Waals surface area contributed by atoms with Crippen molar-refractivity contribution < 1.29 is 26.4 Å². The molecule has 1 amide bonds. The maximum absolute atomic E-state index is 13.1. The van der Waals surface area contributed by atoms with Gasteiger partial charge in [-0.05, 0) is 99.2 Å². The number of alkyl halides is 3. The van der Waals surface area contributed by atoms with Crippen molar-refractivity contribution >= 4 is 15.9 Å². The van der Waals surface area contributed by atoms with E-state index in [9.17, 15) is 26.4 Å². The highest BCUT2D eigenvalue weighted by atomic mass is 32.2. The number of carbonyl (C=O) groups excluding carboxylic acids is 1. The van der Waals surface area contributed by atoms with E-state index >= 15 is 0 Å². The molecule has 3 bridgehead atoms. The van der Waals surface area contributed by atoms with Crippen molar-refractivity contribution in [3.8, 4) is 0 Å². The first-order valence-electron chi connectivity index (χ1n) is 12.5. The van der Waals surface area contributed by atoms with Gasteiger partial charge in [0, 0.05) is 25.6 Å². The minimum atomic E-state index is -4.60. The third-order valence-electron chi connectivity index (χ3n) is 8.66. The Labute approximate surface area is 199 Å². The zero-order valence-corrected chi connectivity index (χ0v) is 20.1. The van der Waals surface area contributed by atoms with E-state index in [0.717, 1.165) is 43.2 Å². The molecule has 3 saturated carbocycles. The highest BCUT2D eigenvalue weighted by molar-refractivity contribution is 7.89. The molecule has 5 nitrogen and oxygen atoms in total. The van der Waals surface area contributed by atoms with Gasteiger partial charge >= 0.3 is 6.18 Å². The number of piperidine rings is 1. The van der Waals surface area contributed by atoms with Gasteiger partial charge in [0.05, 0.1) is 10.5 Å². The predicted octanol–water partition coefficient (Wildman–Crippen LogP) is 4.68. The van der Waals surface area contributed by atoms with Crippen molar-refractivity contribution in [2.45, 2.75) is 62.4 Å². The molecule has 0 spiro atoms. The highest BCUT2D eigenvalue weighted by Crippen LogP contribution is 2.54. The summed E-state index contributed by atoms with van der Waals surface area (Å²) in [6, 6.07) is 3.92. The van der Waals surface area contributed by atoms with Gasteiger partial charge < -0.3 is 5.32 Å². The van der Waals surface area contributed by atoms with Crippen molar-refractivity contribution in [1.29, 1.82) is 0 Å². The molecule has 188 valence electrons. The van der Waals surface area contributed by atoms with Crippen LogP contribution in [0.25, 0.3) is 0 Å². The molecule has 1 N–H and O–H groups in total. The molecule has 4 fully saturated rings. The summed E-state index contributed by atoms with van der Waals surface area (Å²) in [5, 5.41) is 3.10. The normalized spacial score (nSPS) is 34.1. The fraction of sp³-hybridized carbons (Fsp3) is 0.720. The Morgan fingerprint density at radius 3 is 2.47 bits per heavy atom. The van der Waals surface area contributed by atoms with Gasteiger partial charge in [-0.25, -0.2) is 8.42 Å². The van der Waals surface area contributed by atoms with Crippen LogP contribution in [0.3, 0.4) is 0 Å². The SMILES string of the molecule is O=C(NCC1CCCN(S(=O)(=O)c2cccc(C(F)(F)F)c2)C1)C1CC2CC3CC(C2)C(C3)C1. The third-order valence-corrected chi connectivity index (χ3v) is 10.5. The number of sulfonamides is 1. The molecule has 5 rings (SSSR count). The lowest BCUT2D eigenvalue weighted by atomic mass is 9.78. The van der Waals surface area contributed by atoms with Crippen LogP contribution in [-0.4, -0.2) is 38.3 Å². The first kappa shape index (κ1) is 24.1. The second-order valence-electron chi connectivity index (χ2n) is 11.0. The second-order valence-corrected chi connectivity index (χ2v) is 12.9. The topological polar surface area (TPSA) is 66.5 Å². The quantitative estimate of drug-likeness (QED) is 0.641. The monoisotopic (exact) mass is 498 g/mol. The van der Waals surface area contributed by atoms with Crippen molar-refractivity contribution in [2.75, 3.05) is 19.6 Å². The lowest BCUT2D eigenvalue weighted by Crippen LogP contribution is -2.44. The van der Waals surface area contributed by atoms with Gasteiger partial charge in [0.25, 0.3) is 0 Å². The summed E-state index contributed by atoms with van der Waals surface area (Å²) in [7, 11) is -4.03. The Bertz CT molecular complexity index is 1030.